The summed E-state index contributed by atoms with van der Waals surface area (Å²) in [5.74, 6) is 1.02. The average Bonchev–Trinajstić information content (AvgIpc) is 2.35. The van der Waals surface area contributed by atoms with Crippen LogP contribution in [0.15, 0.2) is 16.6 Å². The van der Waals surface area contributed by atoms with Gasteiger partial charge in [0.1, 0.15) is 5.82 Å². The molecule has 1 aromatic heterocycles. The van der Waals surface area contributed by atoms with Crippen LogP contribution in [0.1, 0.15) is 37.8 Å². The van der Waals surface area contributed by atoms with Gasteiger partial charge in [0.15, 0.2) is 0 Å². The van der Waals surface area contributed by atoms with Gasteiger partial charge in [0.2, 0.25) is 0 Å². The SMILES string of the molecule is Cc1nc(NC2CC3CCCC(C2)N3C)ccc1Br. The molecule has 104 valence electrons. The molecule has 2 aliphatic heterocycles. The van der Waals surface area contributed by atoms with Crippen molar-refractivity contribution < 1.29 is 0 Å². The first-order valence-electron chi connectivity index (χ1n) is 7.25. The summed E-state index contributed by atoms with van der Waals surface area (Å²) in [5.41, 5.74) is 1.05. The Bertz CT molecular complexity index is 449. The topological polar surface area (TPSA) is 28.2 Å². The molecule has 0 radical (unpaired) electrons. The van der Waals surface area contributed by atoms with Crippen LogP contribution in [0, 0.1) is 6.92 Å². The zero-order chi connectivity index (χ0) is 13.4. The number of fused-ring (bicyclic) bond motifs is 2. The van der Waals surface area contributed by atoms with E-state index < -0.39 is 0 Å². The molecule has 0 spiro atoms. The largest absolute Gasteiger partial charge is 0.367 e. The predicted molar refractivity (Wildman–Crippen MR) is 82.5 cm³/mol. The van der Waals surface area contributed by atoms with Gasteiger partial charge in [-0.3, -0.25) is 0 Å². The van der Waals surface area contributed by atoms with Crippen LogP contribution in [-0.2, 0) is 0 Å². The predicted octanol–water partition coefficient (Wildman–Crippen LogP) is 3.58. The van der Waals surface area contributed by atoms with Crippen molar-refractivity contribution in [2.75, 3.05) is 12.4 Å². The average molecular weight is 324 g/mol. The van der Waals surface area contributed by atoms with Crippen molar-refractivity contribution in [3.05, 3.63) is 22.3 Å². The summed E-state index contributed by atoms with van der Waals surface area (Å²) in [5, 5.41) is 3.64. The fourth-order valence-electron chi connectivity index (χ4n) is 3.57. The molecule has 0 aromatic carbocycles. The van der Waals surface area contributed by atoms with Gasteiger partial charge in [-0.25, -0.2) is 4.98 Å². The van der Waals surface area contributed by atoms with Crippen molar-refractivity contribution in [2.24, 2.45) is 0 Å². The van der Waals surface area contributed by atoms with Crippen LogP contribution in [0.2, 0.25) is 0 Å². The minimum absolute atomic E-state index is 0.583. The van der Waals surface area contributed by atoms with E-state index in [1.807, 2.05) is 6.92 Å². The van der Waals surface area contributed by atoms with Crippen molar-refractivity contribution in [3.8, 4) is 0 Å². The normalized spacial score (nSPS) is 31.2. The zero-order valence-electron chi connectivity index (χ0n) is 11.7. The number of aryl methyl sites for hydroxylation is 1. The molecule has 3 nitrogen and oxygen atoms in total. The smallest absolute Gasteiger partial charge is 0.126 e. The molecule has 0 saturated carbocycles. The minimum atomic E-state index is 0.583. The molecule has 2 bridgehead atoms. The maximum atomic E-state index is 4.61. The number of rotatable bonds is 2. The third kappa shape index (κ3) is 2.79. The summed E-state index contributed by atoms with van der Waals surface area (Å²) in [6.45, 7) is 2.04. The molecule has 0 amide bonds. The molecule has 1 N–H and O–H groups in total. The van der Waals surface area contributed by atoms with Gasteiger partial charge in [0.25, 0.3) is 0 Å². The van der Waals surface area contributed by atoms with E-state index in [1.165, 1.54) is 32.1 Å². The minimum Gasteiger partial charge on any atom is -0.367 e. The van der Waals surface area contributed by atoms with E-state index in [9.17, 15) is 0 Å². The van der Waals surface area contributed by atoms with E-state index in [0.29, 0.717) is 6.04 Å². The number of halogens is 1. The standard InChI is InChI=1S/C15H22BrN3/c1-10-14(16)6-7-15(17-10)18-11-8-12-4-3-5-13(9-11)19(12)2/h6-7,11-13H,3-5,8-9H2,1-2H3,(H,17,18). The Balaban J connectivity index is 1.69. The number of aromatic nitrogens is 1. The summed E-state index contributed by atoms with van der Waals surface area (Å²) in [7, 11) is 2.30. The molecule has 2 unspecified atom stereocenters. The second kappa shape index (κ2) is 5.41. The third-order valence-electron chi connectivity index (χ3n) is 4.71. The number of nitrogens with zero attached hydrogens (tertiary/aromatic N) is 2. The molecule has 2 aliphatic rings. The number of piperidine rings is 2. The monoisotopic (exact) mass is 323 g/mol. The van der Waals surface area contributed by atoms with Crippen LogP contribution in [-0.4, -0.2) is 35.1 Å². The Morgan fingerprint density at radius 1 is 1.26 bits per heavy atom. The molecule has 0 aliphatic carbocycles. The highest BCUT2D eigenvalue weighted by molar-refractivity contribution is 9.10. The van der Waals surface area contributed by atoms with Crippen LogP contribution >= 0.6 is 15.9 Å². The highest BCUT2D eigenvalue weighted by atomic mass is 79.9. The van der Waals surface area contributed by atoms with E-state index in [1.54, 1.807) is 0 Å². The van der Waals surface area contributed by atoms with Crippen LogP contribution in [0.5, 0.6) is 0 Å². The Hall–Kier alpha value is -0.610. The van der Waals surface area contributed by atoms with E-state index >= 15 is 0 Å². The fourth-order valence-corrected chi connectivity index (χ4v) is 3.79. The van der Waals surface area contributed by atoms with E-state index in [2.05, 4.69) is 50.3 Å². The molecular weight excluding hydrogens is 302 g/mol. The molecule has 3 heterocycles. The van der Waals surface area contributed by atoms with Crippen molar-refractivity contribution in [1.29, 1.82) is 0 Å². The van der Waals surface area contributed by atoms with Gasteiger partial charge < -0.3 is 10.2 Å². The lowest BCUT2D eigenvalue weighted by atomic mass is 9.82. The van der Waals surface area contributed by atoms with Gasteiger partial charge in [-0.2, -0.15) is 0 Å². The van der Waals surface area contributed by atoms with Crippen LogP contribution in [0.3, 0.4) is 0 Å². The van der Waals surface area contributed by atoms with Crippen molar-refractivity contribution in [3.63, 3.8) is 0 Å². The van der Waals surface area contributed by atoms with Gasteiger partial charge in [-0.15, -0.1) is 0 Å². The second-order valence-corrected chi connectivity index (χ2v) is 6.83. The summed E-state index contributed by atoms with van der Waals surface area (Å²) in [6, 6.07) is 6.27. The Labute approximate surface area is 123 Å². The summed E-state index contributed by atoms with van der Waals surface area (Å²) in [4.78, 5) is 7.21. The molecule has 2 fully saturated rings. The Morgan fingerprint density at radius 2 is 1.95 bits per heavy atom. The van der Waals surface area contributed by atoms with Gasteiger partial charge >= 0.3 is 0 Å². The quantitative estimate of drug-likeness (QED) is 0.901. The van der Waals surface area contributed by atoms with Crippen LogP contribution in [0.25, 0.3) is 0 Å². The fraction of sp³-hybridized carbons (Fsp3) is 0.667. The lowest BCUT2D eigenvalue weighted by Gasteiger charge is -2.47. The first kappa shape index (κ1) is 13.4. The van der Waals surface area contributed by atoms with Gasteiger partial charge in [-0.1, -0.05) is 6.42 Å². The lowest BCUT2D eigenvalue weighted by Crippen LogP contribution is -2.52. The van der Waals surface area contributed by atoms with Gasteiger partial charge in [-0.05, 0) is 67.7 Å². The zero-order valence-corrected chi connectivity index (χ0v) is 13.3. The molecule has 3 rings (SSSR count). The number of nitrogens with one attached hydrogen (secondary N) is 1. The second-order valence-electron chi connectivity index (χ2n) is 5.98. The maximum Gasteiger partial charge on any atom is 0.126 e. The van der Waals surface area contributed by atoms with Crippen LogP contribution in [0.4, 0.5) is 5.82 Å². The molecule has 2 atom stereocenters. The van der Waals surface area contributed by atoms with Gasteiger partial charge in [0.05, 0.1) is 5.69 Å². The maximum absolute atomic E-state index is 4.61. The molecule has 4 heteroatoms. The lowest BCUT2D eigenvalue weighted by molar-refractivity contribution is 0.0608. The number of hydrogen-bond acceptors (Lipinski definition) is 3. The Morgan fingerprint density at radius 3 is 2.58 bits per heavy atom. The van der Waals surface area contributed by atoms with Crippen LogP contribution < -0.4 is 5.32 Å². The van der Waals surface area contributed by atoms with E-state index in [4.69, 9.17) is 0 Å². The Kier molecular flexibility index (Phi) is 3.81. The molecular formula is C15H22BrN3. The number of hydrogen-bond donors (Lipinski definition) is 1. The summed E-state index contributed by atoms with van der Waals surface area (Å²) in [6.07, 6.45) is 6.63. The first-order valence-corrected chi connectivity index (χ1v) is 8.04. The molecule has 2 saturated heterocycles. The van der Waals surface area contributed by atoms with Crippen molar-refractivity contribution in [1.82, 2.24) is 9.88 Å². The van der Waals surface area contributed by atoms with Gasteiger partial charge in [0, 0.05) is 22.6 Å². The third-order valence-corrected chi connectivity index (χ3v) is 5.55. The molecule has 19 heavy (non-hydrogen) atoms. The number of pyridine rings is 1. The highest BCUT2D eigenvalue weighted by Crippen LogP contribution is 2.33. The van der Waals surface area contributed by atoms with Crippen molar-refractivity contribution in [2.45, 2.75) is 57.2 Å². The summed E-state index contributed by atoms with van der Waals surface area (Å²) >= 11 is 3.50. The van der Waals surface area contributed by atoms with Crippen molar-refractivity contribution >= 4 is 21.7 Å². The highest BCUT2D eigenvalue weighted by Gasteiger charge is 2.35. The molecule has 1 aromatic rings. The van der Waals surface area contributed by atoms with E-state index in [-0.39, 0.29) is 0 Å². The first-order chi connectivity index (χ1) is 9.13. The number of anilines is 1. The summed E-state index contributed by atoms with van der Waals surface area (Å²) < 4.78 is 1.08. The van der Waals surface area contributed by atoms with E-state index in [0.717, 1.165) is 28.1 Å².